The molecule has 1 N–H and O–H groups in total. The second kappa shape index (κ2) is 7.24. The molecule has 0 bridgehead atoms. The molecule has 0 spiro atoms. The van der Waals surface area contributed by atoms with Crippen molar-refractivity contribution >= 4 is 5.91 Å². The Morgan fingerprint density at radius 2 is 2.10 bits per heavy atom. The minimum Gasteiger partial charge on any atom is -0.496 e. The lowest BCUT2D eigenvalue weighted by Crippen LogP contribution is -2.44. The van der Waals surface area contributed by atoms with Gasteiger partial charge >= 0.3 is 0 Å². The molecule has 0 aliphatic rings. The molecule has 0 saturated heterocycles. The van der Waals surface area contributed by atoms with Crippen LogP contribution in [0.5, 0.6) is 5.75 Å². The van der Waals surface area contributed by atoms with Crippen LogP contribution in [0, 0.1) is 5.82 Å². The Morgan fingerprint density at radius 1 is 1.45 bits per heavy atom. The number of carbonyl (C=O) groups excluding carboxylic acids is 1. The van der Waals surface area contributed by atoms with Crippen LogP contribution in [0.4, 0.5) is 4.39 Å². The Hall–Kier alpha value is -1.62. The van der Waals surface area contributed by atoms with E-state index in [0.717, 1.165) is 0 Å². The molecule has 1 amide bonds. The predicted molar refractivity (Wildman–Crippen MR) is 77.3 cm³/mol. The summed E-state index contributed by atoms with van der Waals surface area (Å²) in [5, 5.41) is 3.12. The third kappa shape index (κ3) is 3.70. The maximum atomic E-state index is 13.9. The molecule has 0 aliphatic carbocycles. The summed E-state index contributed by atoms with van der Waals surface area (Å²) in [5.41, 5.74) is 0.439. The first kappa shape index (κ1) is 16.4. The number of methoxy groups -OCH3 is 1. The van der Waals surface area contributed by atoms with Crippen LogP contribution in [0.1, 0.15) is 32.4 Å². The van der Waals surface area contributed by atoms with Gasteiger partial charge < -0.3 is 9.64 Å². The Bertz CT molecular complexity index is 465. The van der Waals surface area contributed by atoms with Gasteiger partial charge in [-0.2, -0.15) is 0 Å². The molecule has 0 fully saturated rings. The van der Waals surface area contributed by atoms with Crippen LogP contribution in [0.3, 0.4) is 0 Å². The normalized spacial score (nSPS) is 13.7. The van der Waals surface area contributed by atoms with Crippen LogP contribution in [-0.4, -0.2) is 37.6 Å². The third-order valence-corrected chi connectivity index (χ3v) is 3.39. The van der Waals surface area contributed by atoms with Crippen LogP contribution in [-0.2, 0) is 4.79 Å². The van der Waals surface area contributed by atoms with E-state index in [1.165, 1.54) is 13.2 Å². The summed E-state index contributed by atoms with van der Waals surface area (Å²) in [6, 6.07) is 3.99. The Labute approximate surface area is 119 Å². The molecule has 2 atom stereocenters. The number of rotatable bonds is 6. The minimum absolute atomic E-state index is 0.0188. The molecule has 4 nitrogen and oxygen atoms in total. The van der Waals surface area contributed by atoms with Crippen LogP contribution in [0.25, 0.3) is 0 Å². The molecule has 1 aromatic carbocycles. The Balaban J connectivity index is 2.86. The van der Waals surface area contributed by atoms with E-state index in [1.54, 1.807) is 31.0 Å². The van der Waals surface area contributed by atoms with Gasteiger partial charge in [0.25, 0.3) is 0 Å². The number of nitrogens with zero attached hydrogens (tertiary/aromatic N) is 1. The summed E-state index contributed by atoms with van der Waals surface area (Å²) in [5.74, 6) is 0.121. The lowest BCUT2D eigenvalue weighted by Gasteiger charge is -2.25. The molecule has 0 heterocycles. The lowest BCUT2D eigenvalue weighted by molar-refractivity contribution is -0.131. The van der Waals surface area contributed by atoms with Crippen LogP contribution < -0.4 is 10.1 Å². The second-order valence-electron chi connectivity index (χ2n) is 4.82. The SMILES string of the molecule is CCN(C)C(=O)C(C)NC(C)c1c(F)cccc1OC. The van der Waals surface area contributed by atoms with Crippen LogP contribution >= 0.6 is 0 Å². The molecule has 0 radical (unpaired) electrons. The van der Waals surface area contributed by atoms with Gasteiger partial charge in [0.05, 0.1) is 13.2 Å². The number of carbonyl (C=O) groups is 1. The fourth-order valence-electron chi connectivity index (χ4n) is 2.13. The van der Waals surface area contributed by atoms with Crippen molar-refractivity contribution in [1.29, 1.82) is 0 Å². The average molecular weight is 282 g/mol. The van der Waals surface area contributed by atoms with Crippen LogP contribution in [0.15, 0.2) is 18.2 Å². The van der Waals surface area contributed by atoms with Gasteiger partial charge in [-0.05, 0) is 32.9 Å². The van der Waals surface area contributed by atoms with E-state index in [9.17, 15) is 9.18 Å². The molecule has 1 aromatic rings. The topological polar surface area (TPSA) is 41.6 Å². The maximum absolute atomic E-state index is 13.9. The van der Waals surface area contributed by atoms with Crippen molar-refractivity contribution in [3.8, 4) is 5.75 Å². The molecule has 5 heteroatoms. The number of likely N-dealkylation sites (N-methyl/N-ethyl adjacent to an activating group) is 1. The van der Waals surface area contributed by atoms with E-state index in [-0.39, 0.29) is 23.8 Å². The predicted octanol–water partition coefficient (Wildman–Crippen LogP) is 2.35. The van der Waals surface area contributed by atoms with Gasteiger partial charge in [0.2, 0.25) is 5.91 Å². The van der Waals surface area contributed by atoms with Crippen molar-refractivity contribution in [3.05, 3.63) is 29.6 Å². The second-order valence-corrected chi connectivity index (χ2v) is 4.82. The van der Waals surface area contributed by atoms with Gasteiger partial charge in [-0.1, -0.05) is 6.07 Å². The minimum atomic E-state index is -0.390. The van der Waals surface area contributed by atoms with Gasteiger partial charge in [-0.3, -0.25) is 10.1 Å². The van der Waals surface area contributed by atoms with Gasteiger partial charge in [0.1, 0.15) is 11.6 Å². The molecular weight excluding hydrogens is 259 g/mol. The molecule has 0 aliphatic heterocycles. The lowest BCUT2D eigenvalue weighted by atomic mass is 10.1. The third-order valence-electron chi connectivity index (χ3n) is 3.39. The number of amides is 1. The van der Waals surface area contributed by atoms with Gasteiger partial charge in [0.15, 0.2) is 0 Å². The average Bonchev–Trinajstić information content (AvgIpc) is 2.44. The summed E-state index contributed by atoms with van der Waals surface area (Å²) in [6.45, 7) is 6.14. The standard InChI is InChI=1S/C15H23FN2O2/c1-6-18(4)15(19)11(3)17-10(2)14-12(16)8-7-9-13(14)20-5/h7-11,17H,6H2,1-5H3. The molecule has 0 aromatic heterocycles. The first-order chi connectivity index (χ1) is 9.42. The molecule has 0 saturated carbocycles. The fraction of sp³-hybridized carbons (Fsp3) is 0.533. The van der Waals surface area contributed by atoms with E-state index in [1.807, 2.05) is 13.8 Å². The van der Waals surface area contributed by atoms with E-state index in [0.29, 0.717) is 17.9 Å². The van der Waals surface area contributed by atoms with Crippen LogP contribution in [0.2, 0.25) is 0 Å². The fourth-order valence-corrected chi connectivity index (χ4v) is 2.13. The first-order valence-corrected chi connectivity index (χ1v) is 6.75. The number of hydrogen-bond donors (Lipinski definition) is 1. The highest BCUT2D eigenvalue weighted by Gasteiger charge is 2.22. The molecule has 2 unspecified atom stereocenters. The largest absolute Gasteiger partial charge is 0.496 e. The number of halogens is 1. The van der Waals surface area contributed by atoms with E-state index in [4.69, 9.17) is 4.74 Å². The number of hydrogen-bond acceptors (Lipinski definition) is 3. The quantitative estimate of drug-likeness (QED) is 0.871. The summed E-state index contributed by atoms with van der Waals surface area (Å²) in [4.78, 5) is 13.6. The summed E-state index contributed by atoms with van der Waals surface area (Å²) in [7, 11) is 3.25. The highest BCUT2D eigenvalue weighted by molar-refractivity contribution is 5.81. The Morgan fingerprint density at radius 3 is 2.65 bits per heavy atom. The highest BCUT2D eigenvalue weighted by atomic mass is 19.1. The molecule has 1 rings (SSSR count). The van der Waals surface area contributed by atoms with Crippen molar-refractivity contribution in [2.24, 2.45) is 0 Å². The zero-order chi connectivity index (χ0) is 15.3. The molecule has 112 valence electrons. The van der Waals surface area contributed by atoms with Gasteiger partial charge in [-0.25, -0.2) is 4.39 Å². The van der Waals surface area contributed by atoms with Crippen molar-refractivity contribution in [3.63, 3.8) is 0 Å². The smallest absolute Gasteiger partial charge is 0.239 e. The van der Waals surface area contributed by atoms with Crippen molar-refractivity contribution in [1.82, 2.24) is 10.2 Å². The monoisotopic (exact) mass is 282 g/mol. The molecule has 20 heavy (non-hydrogen) atoms. The first-order valence-electron chi connectivity index (χ1n) is 6.75. The summed E-state index contributed by atoms with van der Waals surface area (Å²) >= 11 is 0. The van der Waals surface area contributed by atoms with E-state index in [2.05, 4.69) is 5.32 Å². The zero-order valence-corrected chi connectivity index (χ0v) is 12.7. The zero-order valence-electron chi connectivity index (χ0n) is 12.7. The number of benzene rings is 1. The summed E-state index contributed by atoms with van der Waals surface area (Å²) in [6.07, 6.45) is 0. The highest BCUT2D eigenvalue weighted by Crippen LogP contribution is 2.27. The van der Waals surface area contributed by atoms with Gasteiger partial charge in [-0.15, -0.1) is 0 Å². The Kier molecular flexibility index (Phi) is 5.95. The number of nitrogens with one attached hydrogen (secondary N) is 1. The molecular formula is C15H23FN2O2. The van der Waals surface area contributed by atoms with Gasteiger partial charge in [0, 0.05) is 25.2 Å². The number of ether oxygens (including phenoxy) is 1. The summed E-state index contributed by atoms with van der Waals surface area (Å²) < 4.78 is 19.1. The van der Waals surface area contributed by atoms with E-state index < -0.39 is 0 Å². The van der Waals surface area contributed by atoms with Crippen molar-refractivity contribution in [2.75, 3.05) is 20.7 Å². The maximum Gasteiger partial charge on any atom is 0.239 e. The van der Waals surface area contributed by atoms with E-state index >= 15 is 0 Å². The van der Waals surface area contributed by atoms with Crippen molar-refractivity contribution in [2.45, 2.75) is 32.9 Å². The van der Waals surface area contributed by atoms with Crippen molar-refractivity contribution < 1.29 is 13.9 Å².